The zero-order valence-electron chi connectivity index (χ0n) is 14.0. The van der Waals surface area contributed by atoms with Crippen molar-refractivity contribution in [3.63, 3.8) is 0 Å². The summed E-state index contributed by atoms with van der Waals surface area (Å²) in [7, 11) is 0. The molecule has 0 bridgehead atoms. The number of benzene rings is 1. The highest BCUT2D eigenvalue weighted by atomic mass is 35.5. The average Bonchev–Trinajstić information content (AvgIpc) is 3.29. The Morgan fingerprint density at radius 1 is 1.19 bits per heavy atom. The normalized spacial score (nSPS) is 17.0. The van der Waals surface area contributed by atoms with Gasteiger partial charge in [0.15, 0.2) is 5.82 Å². The van der Waals surface area contributed by atoms with Gasteiger partial charge in [0, 0.05) is 36.6 Å². The van der Waals surface area contributed by atoms with Crippen molar-refractivity contribution in [3.8, 4) is 11.6 Å². The molecule has 1 atom stereocenters. The van der Waals surface area contributed by atoms with Crippen LogP contribution in [0.4, 0.5) is 0 Å². The smallest absolute Gasteiger partial charge is 0.276 e. The summed E-state index contributed by atoms with van der Waals surface area (Å²) in [6.07, 6.45) is 2.87. The molecule has 0 N–H and O–H groups in total. The molecule has 1 unspecified atom stereocenters. The third kappa shape index (κ3) is 3.60. The zero-order chi connectivity index (χ0) is 17.9. The van der Waals surface area contributed by atoms with E-state index in [1.165, 1.54) is 0 Å². The molecule has 132 valence electrons. The van der Waals surface area contributed by atoms with E-state index in [0.717, 1.165) is 12.0 Å². The van der Waals surface area contributed by atoms with Crippen LogP contribution in [0, 0.1) is 0 Å². The minimum Gasteiger partial charge on any atom is -0.342 e. The summed E-state index contributed by atoms with van der Waals surface area (Å²) in [5.74, 6) is 1.02. The van der Waals surface area contributed by atoms with Crippen molar-refractivity contribution < 1.29 is 9.32 Å². The van der Waals surface area contributed by atoms with E-state index in [1.54, 1.807) is 6.20 Å². The second-order valence-electron chi connectivity index (χ2n) is 6.29. The van der Waals surface area contributed by atoms with Crippen LogP contribution in [0.1, 0.15) is 23.7 Å². The molecule has 7 heteroatoms. The molecule has 1 saturated heterocycles. The van der Waals surface area contributed by atoms with Crippen molar-refractivity contribution in [2.24, 2.45) is 0 Å². The van der Waals surface area contributed by atoms with Crippen LogP contribution in [0.25, 0.3) is 11.6 Å². The van der Waals surface area contributed by atoms with Gasteiger partial charge >= 0.3 is 0 Å². The molecule has 0 saturated carbocycles. The van der Waals surface area contributed by atoms with Gasteiger partial charge in [0.25, 0.3) is 5.89 Å². The van der Waals surface area contributed by atoms with Crippen molar-refractivity contribution in [1.29, 1.82) is 0 Å². The van der Waals surface area contributed by atoms with Crippen LogP contribution < -0.4 is 0 Å². The lowest BCUT2D eigenvalue weighted by Gasteiger charge is -2.15. The highest BCUT2D eigenvalue weighted by Gasteiger charge is 2.33. The number of halogens is 1. The molecule has 3 heterocycles. The quantitative estimate of drug-likeness (QED) is 0.690. The minimum atomic E-state index is -0.0473. The van der Waals surface area contributed by atoms with E-state index in [9.17, 15) is 4.79 Å². The van der Waals surface area contributed by atoms with Gasteiger partial charge in [-0.25, -0.2) is 0 Å². The average molecular weight is 369 g/mol. The molecular weight excluding hydrogens is 352 g/mol. The van der Waals surface area contributed by atoms with Crippen molar-refractivity contribution >= 4 is 17.5 Å². The van der Waals surface area contributed by atoms with E-state index in [0.29, 0.717) is 41.9 Å². The van der Waals surface area contributed by atoms with Crippen LogP contribution in [0.15, 0.2) is 53.2 Å². The van der Waals surface area contributed by atoms with E-state index >= 15 is 0 Å². The molecular formula is C19H17ClN4O2. The first-order valence-corrected chi connectivity index (χ1v) is 8.84. The van der Waals surface area contributed by atoms with Crippen LogP contribution in [-0.4, -0.2) is 39.0 Å². The van der Waals surface area contributed by atoms with Gasteiger partial charge in [-0.2, -0.15) is 4.98 Å². The van der Waals surface area contributed by atoms with Gasteiger partial charge in [0.1, 0.15) is 5.69 Å². The van der Waals surface area contributed by atoms with Crippen molar-refractivity contribution in [3.05, 3.63) is 65.1 Å². The maximum Gasteiger partial charge on any atom is 0.276 e. The van der Waals surface area contributed by atoms with E-state index in [1.807, 2.05) is 47.4 Å². The molecule has 26 heavy (non-hydrogen) atoms. The lowest BCUT2D eigenvalue weighted by molar-refractivity contribution is -0.127. The number of rotatable bonds is 5. The Balaban J connectivity index is 1.40. The molecule has 4 rings (SSSR count). The summed E-state index contributed by atoms with van der Waals surface area (Å²) in [5.41, 5.74) is 1.79. The summed E-state index contributed by atoms with van der Waals surface area (Å²) < 4.78 is 5.31. The summed E-state index contributed by atoms with van der Waals surface area (Å²) in [4.78, 5) is 22.8. The van der Waals surface area contributed by atoms with Gasteiger partial charge in [-0.05, 0) is 36.2 Å². The molecule has 1 fully saturated rings. The third-order valence-electron chi connectivity index (χ3n) is 4.49. The lowest BCUT2D eigenvalue weighted by Crippen LogP contribution is -2.27. The highest BCUT2D eigenvalue weighted by molar-refractivity contribution is 6.30. The number of amides is 1. The predicted octanol–water partition coefficient (Wildman–Crippen LogP) is 3.34. The van der Waals surface area contributed by atoms with E-state index in [-0.39, 0.29) is 11.8 Å². The number of carbonyl (C=O) groups is 1. The molecule has 1 aromatic carbocycles. The van der Waals surface area contributed by atoms with E-state index in [4.69, 9.17) is 16.1 Å². The van der Waals surface area contributed by atoms with Gasteiger partial charge in [-0.15, -0.1) is 0 Å². The number of nitrogens with zero attached hydrogens (tertiary/aromatic N) is 4. The van der Waals surface area contributed by atoms with Crippen molar-refractivity contribution in [2.45, 2.75) is 18.8 Å². The number of likely N-dealkylation sites (tertiary alicyclic amines) is 1. The SMILES string of the molecule is O=C1CC(c2noc(-c3ccccn3)n2)CN1CCc1ccc(Cl)cc1. The predicted molar refractivity (Wildman–Crippen MR) is 96.6 cm³/mol. The number of carbonyl (C=O) groups excluding carboxylic acids is 1. The monoisotopic (exact) mass is 368 g/mol. The molecule has 1 aliphatic rings. The van der Waals surface area contributed by atoms with E-state index < -0.39 is 0 Å². The fraction of sp³-hybridized carbons (Fsp3) is 0.263. The standard InChI is InChI=1S/C19H17ClN4O2/c20-15-6-4-13(5-7-15)8-10-24-12-14(11-17(24)25)18-22-19(26-23-18)16-3-1-2-9-21-16/h1-7,9,14H,8,10-12H2. The summed E-state index contributed by atoms with van der Waals surface area (Å²) >= 11 is 5.90. The summed E-state index contributed by atoms with van der Waals surface area (Å²) in [5, 5.41) is 4.77. The Hall–Kier alpha value is -2.73. The van der Waals surface area contributed by atoms with Crippen molar-refractivity contribution in [1.82, 2.24) is 20.0 Å². The Kier molecular flexibility index (Phi) is 4.67. The van der Waals surface area contributed by atoms with E-state index in [2.05, 4.69) is 15.1 Å². The first-order chi connectivity index (χ1) is 12.7. The summed E-state index contributed by atoms with van der Waals surface area (Å²) in [6, 6.07) is 13.2. The van der Waals surface area contributed by atoms with Gasteiger partial charge in [-0.3, -0.25) is 9.78 Å². The van der Waals surface area contributed by atoms with Crippen LogP contribution in [0.5, 0.6) is 0 Å². The Bertz CT molecular complexity index is 895. The number of aromatic nitrogens is 3. The topological polar surface area (TPSA) is 72.1 Å². The van der Waals surface area contributed by atoms with Crippen LogP contribution in [-0.2, 0) is 11.2 Å². The fourth-order valence-electron chi connectivity index (χ4n) is 3.07. The van der Waals surface area contributed by atoms with Gasteiger partial charge in [-0.1, -0.05) is 35.0 Å². The van der Waals surface area contributed by atoms with Gasteiger partial charge < -0.3 is 9.42 Å². The second kappa shape index (κ2) is 7.25. The maximum absolute atomic E-state index is 12.3. The third-order valence-corrected chi connectivity index (χ3v) is 4.74. The lowest BCUT2D eigenvalue weighted by atomic mass is 10.1. The largest absolute Gasteiger partial charge is 0.342 e. The highest BCUT2D eigenvalue weighted by Crippen LogP contribution is 2.28. The van der Waals surface area contributed by atoms with Crippen LogP contribution in [0.2, 0.25) is 5.02 Å². The zero-order valence-corrected chi connectivity index (χ0v) is 14.8. The Labute approximate surface area is 155 Å². The molecule has 0 aliphatic carbocycles. The number of hydrogen-bond acceptors (Lipinski definition) is 5. The second-order valence-corrected chi connectivity index (χ2v) is 6.73. The molecule has 2 aromatic heterocycles. The minimum absolute atomic E-state index is 0.0473. The first kappa shape index (κ1) is 16.7. The molecule has 3 aromatic rings. The molecule has 0 spiro atoms. The molecule has 1 amide bonds. The first-order valence-electron chi connectivity index (χ1n) is 8.46. The Morgan fingerprint density at radius 3 is 2.81 bits per heavy atom. The summed E-state index contributed by atoms with van der Waals surface area (Å²) in [6.45, 7) is 1.27. The number of pyridine rings is 1. The number of hydrogen-bond donors (Lipinski definition) is 0. The van der Waals surface area contributed by atoms with Gasteiger partial charge in [0.05, 0.1) is 0 Å². The molecule has 0 radical (unpaired) electrons. The fourth-order valence-corrected chi connectivity index (χ4v) is 3.20. The maximum atomic E-state index is 12.3. The molecule has 6 nitrogen and oxygen atoms in total. The van der Waals surface area contributed by atoms with Crippen LogP contribution in [0.3, 0.4) is 0 Å². The van der Waals surface area contributed by atoms with Gasteiger partial charge in [0.2, 0.25) is 5.91 Å². The van der Waals surface area contributed by atoms with Crippen molar-refractivity contribution in [2.75, 3.05) is 13.1 Å². The van der Waals surface area contributed by atoms with Crippen LogP contribution >= 0.6 is 11.6 Å². The Morgan fingerprint density at radius 2 is 2.04 bits per heavy atom. The molecule has 1 aliphatic heterocycles.